The van der Waals surface area contributed by atoms with Gasteiger partial charge in [-0.1, -0.05) is 56.0 Å². The van der Waals surface area contributed by atoms with E-state index in [2.05, 4.69) is 34.9 Å². The third-order valence-corrected chi connectivity index (χ3v) is 6.96. The molecule has 1 aromatic heterocycles. The second kappa shape index (κ2) is 7.92. The van der Waals surface area contributed by atoms with Crippen LogP contribution in [0.4, 0.5) is 0 Å². The maximum atomic E-state index is 12.3. The van der Waals surface area contributed by atoms with Crippen LogP contribution in [0.2, 0.25) is 0 Å². The number of rotatable bonds is 2. The van der Waals surface area contributed by atoms with E-state index in [1.807, 2.05) is 12.1 Å². The van der Waals surface area contributed by atoms with Crippen molar-refractivity contribution in [2.75, 3.05) is 7.11 Å². The van der Waals surface area contributed by atoms with Crippen molar-refractivity contribution in [3.05, 3.63) is 59.2 Å². The number of aromatic nitrogens is 1. The van der Waals surface area contributed by atoms with E-state index in [1.165, 1.54) is 73.4 Å². The summed E-state index contributed by atoms with van der Waals surface area (Å²) >= 11 is 0. The van der Waals surface area contributed by atoms with E-state index in [4.69, 9.17) is 10.5 Å². The molecule has 2 N–H and O–H groups in total. The van der Waals surface area contributed by atoms with Gasteiger partial charge < -0.3 is 15.0 Å². The van der Waals surface area contributed by atoms with Crippen molar-refractivity contribution in [3.63, 3.8) is 0 Å². The van der Waals surface area contributed by atoms with Crippen LogP contribution in [-0.4, -0.2) is 23.7 Å². The summed E-state index contributed by atoms with van der Waals surface area (Å²) in [4.78, 5) is 12.3. The van der Waals surface area contributed by atoms with Crippen LogP contribution in [0.3, 0.4) is 0 Å². The molecular weight excluding hydrogens is 372 g/mol. The number of fused-ring (bicyclic) bond motifs is 5. The normalized spacial score (nSPS) is 19.6. The fourth-order valence-electron chi connectivity index (χ4n) is 5.59. The zero-order chi connectivity index (χ0) is 20.7. The first-order valence-electron chi connectivity index (χ1n) is 11.3. The van der Waals surface area contributed by atoms with Gasteiger partial charge in [-0.05, 0) is 48.4 Å². The number of hydrogen-bond acceptors (Lipinski definition) is 3. The van der Waals surface area contributed by atoms with Gasteiger partial charge in [0.25, 0.3) is 0 Å². The molecule has 2 aromatic carbocycles. The summed E-state index contributed by atoms with van der Waals surface area (Å²) < 4.78 is 7.39. The molecule has 1 unspecified atom stereocenters. The van der Waals surface area contributed by atoms with Crippen molar-refractivity contribution in [3.8, 4) is 11.3 Å². The summed E-state index contributed by atoms with van der Waals surface area (Å²) in [6.45, 7) is 0.762. The molecule has 156 valence electrons. The number of esters is 1. The smallest absolute Gasteiger partial charge is 0.337 e. The molecule has 0 spiro atoms. The van der Waals surface area contributed by atoms with E-state index in [-0.39, 0.29) is 12.0 Å². The minimum absolute atomic E-state index is 0.0479. The van der Waals surface area contributed by atoms with Gasteiger partial charge in [-0.2, -0.15) is 0 Å². The zero-order valence-corrected chi connectivity index (χ0v) is 17.7. The number of nitrogens with two attached hydrogens (primary N) is 1. The second-order valence-corrected chi connectivity index (χ2v) is 8.91. The molecule has 1 atom stereocenters. The van der Waals surface area contributed by atoms with Crippen LogP contribution >= 0.6 is 0 Å². The number of methoxy groups -OCH3 is 1. The molecule has 0 radical (unpaired) electrons. The van der Waals surface area contributed by atoms with Gasteiger partial charge in [-0.3, -0.25) is 0 Å². The lowest BCUT2D eigenvalue weighted by Crippen LogP contribution is -2.27. The Hall–Kier alpha value is -2.59. The van der Waals surface area contributed by atoms with Crippen molar-refractivity contribution >= 4 is 16.9 Å². The summed E-state index contributed by atoms with van der Waals surface area (Å²) in [5, 5.41) is 1.27. The highest BCUT2D eigenvalue weighted by molar-refractivity contribution is 5.99. The molecule has 1 fully saturated rings. The third kappa shape index (κ3) is 3.24. The predicted molar refractivity (Wildman–Crippen MR) is 121 cm³/mol. The van der Waals surface area contributed by atoms with E-state index in [9.17, 15) is 4.79 Å². The number of nitrogens with zero attached hydrogens (tertiary/aromatic N) is 1. The molecule has 1 saturated carbocycles. The number of benzene rings is 2. The van der Waals surface area contributed by atoms with Crippen LogP contribution < -0.4 is 5.73 Å². The Morgan fingerprint density at radius 1 is 1.07 bits per heavy atom. The SMILES string of the molecule is COC(=O)c1ccc2c(C3CCCCCC3)c3n(c2c1)CC(N)Cc1ccccc1-3. The first-order chi connectivity index (χ1) is 14.7. The molecule has 2 aliphatic rings. The molecule has 1 aliphatic heterocycles. The molecule has 4 nitrogen and oxygen atoms in total. The van der Waals surface area contributed by atoms with Gasteiger partial charge in [0.15, 0.2) is 0 Å². The Balaban J connectivity index is 1.82. The quantitative estimate of drug-likeness (QED) is 0.460. The minimum Gasteiger partial charge on any atom is -0.465 e. The van der Waals surface area contributed by atoms with Crippen molar-refractivity contribution in [1.29, 1.82) is 0 Å². The van der Waals surface area contributed by atoms with Crippen LogP contribution in [0, 0.1) is 0 Å². The van der Waals surface area contributed by atoms with Gasteiger partial charge in [-0.15, -0.1) is 0 Å². The highest BCUT2D eigenvalue weighted by Crippen LogP contribution is 2.45. The lowest BCUT2D eigenvalue weighted by molar-refractivity contribution is 0.0601. The molecule has 0 bridgehead atoms. The number of hydrogen-bond donors (Lipinski definition) is 1. The summed E-state index contributed by atoms with van der Waals surface area (Å²) in [5.41, 5.74) is 13.7. The second-order valence-electron chi connectivity index (χ2n) is 8.91. The number of carbonyl (C=O) groups excluding carboxylic acids is 1. The summed E-state index contributed by atoms with van der Waals surface area (Å²) in [6, 6.07) is 14.8. The van der Waals surface area contributed by atoms with Gasteiger partial charge in [-0.25, -0.2) is 4.79 Å². The summed E-state index contributed by atoms with van der Waals surface area (Å²) in [5.74, 6) is 0.263. The van der Waals surface area contributed by atoms with E-state index < -0.39 is 0 Å². The minimum atomic E-state index is -0.290. The fraction of sp³-hybridized carbons (Fsp3) is 0.423. The summed E-state index contributed by atoms with van der Waals surface area (Å²) in [7, 11) is 1.44. The molecule has 2 heterocycles. The third-order valence-electron chi connectivity index (χ3n) is 6.96. The van der Waals surface area contributed by atoms with Gasteiger partial charge in [0.05, 0.1) is 18.4 Å². The average molecular weight is 403 g/mol. The predicted octanol–water partition coefficient (Wildman–Crippen LogP) is 5.42. The average Bonchev–Trinajstić information content (AvgIpc) is 2.93. The standard InChI is InChI=1S/C26H30N2O2/c1-30-26(29)19-12-13-22-23(15-19)28-16-20(27)14-18-10-6-7-11-21(18)25(28)24(22)17-8-4-2-3-5-9-17/h6-7,10-13,15,17,20H,2-5,8-9,14,16,27H2,1H3. The highest BCUT2D eigenvalue weighted by Gasteiger charge is 2.30. The van der Waals surface area contributed by atoms with Crippen LogP contribution in [0.15, 0.2) is 42.5 Å². The van der Waals surface area contributed by atoms with Gasteiger partial charge >= 0.3 is 5.97 Å². The summed E-state index contributed by atoms with van der Waals surface area (Å²) in [6.07, 6.45) is 8.59. The van der Waals surface area contributed by atoms with Crippen molar-refractivity contribution in [1.82, 2.24) is 4.57 Å². The van der Waals surface area contributed by atoms with Crippen LogP contribution in [0.1, 0.15) is 65.9 Å². The monoisotopic (exact) mass is 402 g/mol. The molecule has 4 heteroatoms. The Bertz CT molecular complexity index is 1090. The Morgan fingerprint density at radius 2 is 1.83 bits per heavy atom. The zero-order valence-electron chi connectivity index (χ0n) is 17.7. The molecule has 0 amide bonds. The van der Waals surface area contributed by atoms with Crippen LogP contribution in [0.25, 0.3) is 22.2 Å². The number of carbonyl (C=O) groups is 1. The molecule has 5 rings (SSSR count). The van der Waals surface area contributed by atoms with Crippen molar-refractivity contribution < 1.29 is 9.53 Å². The van der Waals surface area contributed by atoms with Crippen LogP contribution in [0.5, 0.6) is 0 Å². The number of ether oxygens (including phenoxy) is 1. The highest BCUT2D eigenvalue weighted by atomic mass is 16.5. The Morgan fingerprint density at radius 3 is 2.60 bits per heavy atom. The van der Waals surface area contributed by atoms with Gasteiger partial charge in [0, 0.05) is 29.1 Å². The van der Waals surface area contributed by atoms with E-state index >= 15 is 0 Å². The van der Waals surface area contributed by atoms with Gasteiger partial charge in [0.2, 0.25) is 0 Å². The lowest BCUT2D eigenvalue weighted by Gasteiger charge is -2.18. The molecule has 1 aliphatic carbocycles. The van der Waals surface area contributed by atoms with E-state index in [1.54, 1.807) is 0 Å². The molecule has 0 saturated heterocycles. The fourth-order valence-corrected chi connectivity index (χ4v) is 5.59. The maximum Gasteiger partial charge on any atom is 0.337 e. The maximum absolute atomic E-state index is 12.3. The Labute approximate surface area is 178 Å². The Kier molecular flexibility index (Phi) is 5.11. The largest absolute Gasteiger partial charge is 0.465 e. The van der Waals surface area contributed by atoms with Crippen molar-refractivity contribution in [2.24, 2.45) is 5.73 Å². The molecule has 3 aromatic rings. The molecule has 30 heavy (non-hydrogen) atoms. The first-order valence-corrected chi connectivity index (χ1v) is 11.3. The van der Waals surface area contributed by atoms with Gasteiger partial charge in [0.1, 0.15) is 0 Å². The van der Waals surface area contributed by atoms with Crippen molar-refractivity contribution in [2.45, 2.75) is 63.5 Å². The van der Waals surface area contributed by atoms with Crippen LogP contribution in [-0.2, 0) is 17.7 Å². The first kappa shape index (κ1) is 19.4. The van der Waals surface area contributed by atoms with E-state index in [0.29, 0.717) is 11.5 Å². The lowest BCUT2D eigenvalue weighted by atomic mass is 9.86. The topological polar surface area (TPSA) is 57.2 Å². The molecular formula is C26H30N2O2. The van der Waals surface area contributed by atoms with E-state index in [0.717, 1.165) is 18.5 Å².